The fourth-order valence-electron chi connectivity index (χ4n) is 4.86. The van der Waals surface area contributed by atoms with Crippen LogP contribution in [-0.4, -0.2) is 89.0 Å². The van der Waals surface area contributed by atoms with Crippen LogP contribution in [0, 0.1) is 0 Å². The second-order valence-corrected chi connectivity index (χ2v) is 12.6. The molecule has 1 fully saturated rings. The van der Waals surface area contributed by atoms with E-state index < -0.39 is 55.4 Å². The SMILES string of the molecule is CC/C=C\C/C=C\C/C=C\C/C=C\C/C=C\CC(=O)OC[C@H](CO[C@@H]1O[C@H](CO)[C@H](O)C(O)C1O)OC(=O)C/C=C\C/C=C\C/C=C\C/C=C\C/C=C\CC. The summed E-state index contributed by atoms with van der Waals surface area (Å²) >= 11 is 0. The highest BCUT2D eigenvalue weighted by atomic mass is 16.7. The summed E-state index contributed by atoms with van der Waals surface area (Å²) in [5, 5.41) is 39.9. The van der Waals surface area contributed by atoms with Gasteiger partial charge in [0, 0.05) is 0 Å². The highest BCUT2D eigenvalue weighted by Gasteiger charge is 2.44. The molecule has 1 saturated heterocycles. The lowest BCUT2D eigenvalue weighted by molar-refractivity contribution is -0.305. The van der Waals surface area contributed by atoms with Crippen LogP contribution in [-0.2, 0) is 28.5 Å². The molecule has 1 aliphatic rings. The second kappa shape index (κ2) is 34.6. The van der Waals surface area contributed by atoms with Gasteiger partial charge in [0.1, 0.15) is 31.0 Å². The van der Waals surface area contributed by atoms with Crippen molar-refractivity contribution in [2.24, 2.45) is 0 Å². The van der Waals surface area contributed by atoms with Crippen molar-refractivity contribution in [1.82, 2.24) is 0 Å². The largest absolute Gasteiger partial charge is 0.461 e. The molecule has 306 valence electrons. The Balaban J connectivity index is 2.54. The molecule has 6 atom stereocenters. The molecule has 1 aliphatic heterocycles. The van der Waals surface area contributed by atoms with Crippen molar-refractivity contribution in [3.05, 3.63) is 122 Å². The fraction of sp³-hybridized carbons (Fsp3) is 0.511. The van der Waals surface area contributed by atoms with Crippen molar-refractivity contribution in [3.8, 4) is 0 Å². The zero-order chi connectivity index (χ0) is 40.2. The number of carbonyl (C=O) groups excluding carboxylic acids is 2. The molecule has 10 nitrogen and oxygen atoms in total. The van der Waals surface area contributed by atoms with Gasteiger partial charge in [-0.25, -0.2) is 0 Å². The quantitative estimate of drug-likeness (QED) is 0.0444. The first kappa shape index (κ1) is 49.1. The molecule has 0 bridgehead atoms. The van der Waals surface area contributed by atoms with Crippen molar-refractivity contribution in [2.45, 2.75) is 128 Å². The molecule has 1 heterocycles. The summed E-state index contributed by atoms with van der Waals surface area (Å²) in [5.74, 6) is -1.12. The van der Waals surface area contributed by atoms with E-state index in [1.54, 1.807) is 12.2 Å². The van der Waals surface area contributed by atoms with Gasteiger partial charge < -0.3 is 39.4 Å². The molecule has 0 aromatic carbocycles. The molecule has 4 N–H and O–H groups in total. The van der Waals surface area contributed by atoms with Crippen LogP contribution in [0.2, 0.25) is 0 Å². The molecular weight excluding hydrogens is 700 g/mol. The first-order chi connectivity index (χ1) is 26.8. The van der Waals surface area contributed by atoms with E-state index in [1.807, 2.05) is 30.4 Å². The molecule has 0 aliphatic carbocycles. The number of aliphatic hydroxyl groups excluding tert-OH is 4. The molecule has 0 saturated carbocycles. The van der Waals surface area contributed by atoms with Crippen LogP contribution in [0.4, 0.5) is 0 Å². The van der Waals surface area contributed by atoms with Crippen molar-refractivity contribution < 1.29 is 49.0 Å². The second-order valence-electron chi connectivity index (χ2n) is 12.6. The number of hydrogen-bond donors (Lipinski definition) is 4. The molecule has 2 unspecified atom stereocenters. The van der Waals surface area contributed by atoms with Crippen molar-refractivity contribution >= 4 is 11.9 Å². The standard InChI is InChI=1S/C45H66O10/c1-3-5-7-9-11-13-15-17-19-21-23-25-27-29-31-33-40(47)52-36-38(37-53-45-44(51)43(50)42(49)39(35-46)55-45)54-41(48)34-32-30-28-26-24-22-20-18-16-14-12-10-8-6-4-2/h5-8,11-14,17-20,23-26,29-32,38-39,42-46,49-51H,3-4,9-10,15-16,21-22,27-28,33-37H2,1-2H3/b7-5-,8-6-,13-11-,14-12-,19-17-,20-18-,25-23-,26-24-,31-29-,32-30-/t38-,39-,42+,43?,44?,45-/m1/s1. The fourth-order valence-corrected chi connectivity index (χ4v) is 4.86. The summed E-state index contributed by atoms with van der Waals surface area (Å²) in [6.07, 6.45) is 41.2. The van der Waals surface area contributed by atoms with Gasteiger partial charge in [0.25, 0.3) is 0 Å². The molecule has 0 radical (unpaired) electrons. The minimum absolute atomic E-state index is 0.0157. The van der Waals surface area contributed by atoms with Gasteiger partial charge >= 0.3 is 11.9 Å². The summed E-state index contributed by atoms with van der Waals surface area (Å²) in [4.78, 5) is 25.1. The number of ether oxygens (including phenoxy) is 4. The highest BCUT2D eigenvalue weighted by Crippen LogP contribution is 2.22. The van der Waals surface area contributed by atoms with E-state index in [-0.39, 0.29) is 26.1 Å². The summed E-state index contributed by atoms with van der Waals surface area (Å²) in [7, 11) is 0. The van der Waals surface area contributed by atoms with Crippen LogP contribution in [0.5, 0.6) is 0 Å². The molecule has 55 heavy (non-hydrogen) atoms. The Morgan fingerprint density at radius 3 is 1.31 bits per heavy atom. The predicted molar refractivity (Wildman–Crippen MR) is 219 cm³/mol. The van der Waals surface area contributed by atoms with Crippen LogP contribution in [0.15, 0.2) is 122 Å². The Bertz CT molecular complexity index is 1300. The monoisotopic (exact) mass is 766 g/mol. The minimum Gasteiger partial charge on any atom is -0.461 e. The first-order valence-corrected chi connectivity index (χ1v) is 19.6. The average molecular weight is 767 g/mol. The van der Waals surface area contributed by atoms with Gasteiger partial charge in [0.2, 0.25) is 0 Å². The van der Waals surface area contributed by atoms with E-state index in [1.165, 1.54) is 0 Å². The summed E-state index contributed by atoms with van der Waals surface area (Å²) in [6.45, 7) is 2.94. The van der Waals surface area contributed by atoms with Crippen molar-refractivity contribution in [2.75, 3.05) is 19.8 Å². The van der Waals surface area contributed by atoms with Crippen molar-refractivity contribution in [1.29, 1.82) is 0 Å². The van der Waals surface area contributed by atoms with Gasteiger partial charge in [-0.15, -0.1) is 0 Å². The molecule has 0 aromatic rings. The Kier molecular flexibility index (Phi) is 30.9. The number of allylic oxidation sites excluding steroid dienone is 18. The molecular formula is C45H66O10. The Labute approximate surface area is 329 Å². The Morgan fingerprint density at radius 1 is 0.527 bits per heavy atom. The van der Waals surface area contributed by atoms with Crippen LogP contribution in [0.1, 0.15) is 90.9 Å². The minimum atomic E-state index is -1.63. The lowest BCUT2D eigenvalue weighted by Gasteiger charge is -2.39. The summed E-state index contributed by atoms with van der Waals surface area (Å²) in [5.41, 5.74) is 0. The smallest absolute Gasteiger partial charge is 0.310 e. The Hall–Kier alpha value is -3.90. The number of hydrogen-bond acceptors (Lipinski definition) is 10. The maximum absolute atomic E-state index is 12.7. The van der Waals surface area contributed by atoms with E-state index in [0.717, 1.165) is 51.4 Å². The van der Waals surface area contributed by atoms with Gasteiger partial charge in [0.05, 0.1) is 26.1 Å². The van der Waals surface area contributed by atoms with Crippen LogP contribution in [0.3, 0.4) is 0 Å². The predicted octanol–water partition coefficient (Wildman–Crippen LogP) is 7.54. The zero-order valence-corrected chi connectivity index (χ0v) is 32.9. The van der Waals surface area contributed by atoms with E-state index in [9.17, 15) is 30.0 Å². The number of esters is 2. The highest BCUT2D eigenvalue weighted by molar-refractivity contribution is 5.72. The molecule has 0 amide bonds. The van der Waals surface area contributed by atoms with Gasteiger partial charge in [0.15, 0.2) is 12.4 Å². The number of carbonyl (C=O) groups is 2. The van der Waals surface area contributed by atoms with E-state index >= 15 is 0 Å². The van der Waals surface area contributed by atoms with Crippen LogP contribution < -0.4 is 0 Å². The maximum atomic E-state index is 12.7. The van der Waals surface area contributed by atoms with E-state index in [2.05, 4.69) is 92.8 Å². The topological polar surface area (TPSA) is 152 Å². The lowest BCUT2D eigenvalue weighted by Crippen LogP contribution is -2.59. The third-order valence-corrected chi connectivity index (χ3v) is 7.91. The molecule has 10 heteroatoms. The van der Waals surface area contributed by atoms with Crippen molar-refractivity contribution in [3.63, 3.8) is 0 Å². The number of aliphatic hydroxyl groups is 4. The van der Waals surface area contributed by atoms with Gasteiger partial charge in [-0.2, -0.15) is 0 Å². The summed E-state index contributed by atoms with van der Waals surface area (Å²) in [6, 6.07) is 0. The van der Waals surface area contributed by atoms with Crippen LogP contribution in [0.25, 0.3) is 0 Å². The molecule has 0 spiro atoms. The first-order valence-electron chi connectivity index (χ1n) is 19.6. The lowest BCUT2D eigenvalue weighted by atomic mass is 9.99. The Morgan fingerprint density at radius 2 is 0.909 bits per heavy atom. The third kappa shape index (κ3) is 26.5. The zero-order valence-electron chi connectivity index (χ0n) is 32.9. The van der Waals surface area contributed by atoms with E-state index in [4.69, 9.17) is 18.9 Å². The molecule has 0 aromatic heterocycles. The molecule has 1 rings (SSSR count). The van der Waals surface area contributed by atoms with Gasteiger partial charge in [-0.1, -0.05) is 135 Å². The normalized spacial score (nSPS) is 21.9. The maximum Gasteiger partial charge on any atom is 0.310 e. The number of rotatable bonds is 29. The third-order valence-electron chi connectivity index (χ3n) is 7.91. The summed E-state index contributed by atoms with van der Waals surface area (Å²) < 4.78 is 21.8. The van der Waals surface area contributed by atoms with E-state index in [0.29, 0.717) is 12.8 Å². The van der Waals surface area contributed by atoms with Gasteiger partial charge in [-0.05, 0) is 64.2 Å². The van der Waals surface area contributed by atoms with Crippen LogP contribution >= 0.6 is 0 Å². The average Bonchev–Trinajstić information content (AvgIpc) is 3.18. The van der Waals surface area contributed by atoms with Gasteiger partial charge in [-0.3, -0.25) is 9.59 Å².